The largest absolute Gasteiger partial charge is 0.331 e. The summed E-state index contributed by atoms with van der Waals surface area (Å²) in [6.45, 7) is 2.72. The smallest absolute Gasteiger partial charge is 0.264 e. The quantitative estimate of drug-likeness (QED) is 0.600. The van der Waals surface area contributed by atoms with E-state index >= 15 is 0 Å². The highest BCUT2D eigenvalue weighted by atomic mass is 32.1. The van der Waals surface area contributed by atoms with Gasteiger partial charge < -0.3 is 9.88 Å². The summed E-state index contributed by atoms with van der Waals surface area (Å²) in [4.78, 5) is 34.8. The van der Waals surface area contributed by atoms with Gasteiger partial charge in [-0.3, -0.25) is 9.59 Å². The molecule has 0 radical (unpaired) electrons. The van der Waals surface area contributed by atoms with Crippen LogP contribution in [0.3, 0.4) is 0 Å². The zero-order valence-corrected chi connectivity index (χ0v) is 15.0. The minimum absolute atomic E-state index is 0.0514. The van der Waals surface area contributed by atoms with Gasteiger partial charge in [0.15, 0.2) is 0 Å². The fourth-order valence-electron chi connectivity index (χ4n) is 2.96. The maximum atomic E-state index is 12.9. The number of nitrogens with zero attached hydrogens (tertiary/aromatic N) is 2. The van der Waals surface area contributed by atoms with E-state index in [9.17, 15) is 9.59 Å². The SMILES string of the molecule is CCN(Cc1nc2ccccc2c(=O)[nH]1)C(=O)c1cc2ccccc2s1. The summed E-state index contributed by atoms with van der Waals surface area (Å²) in [7, 11) is 0. The molecule has 2 aromatic heterocycles. The number of aromatic nitrogens is 2. The van der Waals surface area contributed by atoms with Crippen LogP contribution in [0.4, 0.5) is 0 Å². The highest BCUT2D eigenvalue weighted by Gasteiger charge is 2.18. The van der Waals surface area contributed by atoms with E-state index in [0.717, 1.165) is 10.1 Å². The van der Waals surface area contributed by atoms with Crippen LogP contribution in [0.5, 0.6) is 0 Å². The molecular weight excluding hydrogens is 346 g/mol. The number of amides is 1. The van der Waals surface area contributed by atoms with E-state index < -0.39 is 0 Å². The molecule has 4 rings (SSSR count). The van der Waals surface area contributed by atoms with Crippen LogP contribution in [0.15, 0.2) is 59.4 Å². The van der Waals surface area contributed by atoms with E-state index in [0.29, 0.717) is 28.1 Å². The standard InChI is InChI=1S/C20H17N3O2S/c1-2-23(20(25)17-11-13-7-3-6-10-16(13)26-17)12-18-21-15-9-5-4-8-14(15)19(24)22-18/h3-11H,2,12H2,1H3,(H,21,22,24). The molecule has 1 N–H and O–H groups in total. The molecule has 0 bridgehead atoms. The van der Waals surface area contributed by atoms with E-state index in [1.807, 2.05) is 49.4 Å². The summed E-state index contributed by atoms with van der Waals surface area (Å²) in [6.07, 6.45) is 0. The van der Waals surface area contributed by atoms with Crippen molar-refractivity contribution in [2.24, 2.45) is 0 Å². The number of fused-ring (bicyclic) bond motifs is 2. The molecule has 26 heavy (non-hydrogen) atoms. The number of benzene rings is 2. The maximum absolute atomic E-state index is 12.9. The van der Waals surface area contributed by atoms with Crippen LogP contribution in [0.1, 0.15) is 22.4 Å². The zero-order chi connectivity index (χ0) is 18.1. The summed E-state index contributed by atoms with van der Waals surface area (Å²) in [6, 6.07) is 17.1. The number of aromatic amines is 1. The van der Waals surface area contributed by atoms with Crippen molar-refractivity contribution in [3.8, 4) is 0 Å². The number of carbonyl (C=O) groups excluding carboxylic acids is 1. The minimum atomic E-state index is -0.184. The van der Waals surface area contributed by atoms with Crippen LogP contribution in [-0.2, 0) is 6.54 Å². The summed E-state index contributed by atoms with van der Waals surface area (Å²) >= 11 is 1.48. The Morgan fingerprint density at radius 3 is 2.73 bits per heavy atom. The van der Waals surface area contributed by atoms with Gasteiger partial charge >= 0.3 is 0 Å². The number of nitrogens with one attached hydrogen (secondary N) is 1. The first-order chi connectivity index (χ1) is 12.7. The van der Waals surface area contributed by atoms with E-state index in [2.05, 4.69) is 9.97 Å². The first-order valence-corrected chi connectivity index (χ1v) is 9.23. The highest BCUT2D eigenvalue weighted by molar-refractivity contribution is 7.20. The molecule has 0 spiro atoms. The third-order valence-corrected chi connectivity index (χ3v) is 5.41. The van der Waals surface area contributed by atoms with Gasteiger partial charge in [-0.2, -0.15) is 0 Å². The molecule has 6 heteroatoms. The number of hydrogen-bond acceptors (Lipinski definition) is 4. The predicted molar refractivity (Wildman–Crippen MR) is 105 cm³/mol. The molecule has 0 aliphatic carbocycles. The predicted octanol–water partition coefficient (Wildman–Crippen LogP) is 3.80. The Morgan fingerprint density at radius 1 is 1.15 bits per heavy atom. The minimum Gasteiger partial charge on any atom is -0.331 e. The van der Waals surface area contributed by atoms with Crippen LogP contribution < -0.4 is 5.56 Å². The second-order valence-electron chi connectivity index (χ2n) is 6.00. The van der Waals surface area contributed by atoms with Crippen LogP contribution in [0.25, 0.3) is 21.0 Å². The number of rotatable bonds is 4. The summed E-state index contributed by atoms with van der Waals surface area (Å²) in [5.74, 6) is 0.439. The molecule has 5 nitrogen and oxygen atoms in total. The third-order valence-electron chi connectivity index (χ3n) is 4.31. The van der Waals surface area contributed by atoms with Crippen molar-refractivity contribution in [1.29, 1.82) is 0 Å². The van der Waals surface area contributed by atoms with Gasteiger partial charge in [0.1, 0.15) is 5.82 Å². The average molecular weight is 363 g/mol. The molecule has 0 unspecified atom stereocenters. The Morgan fingerprint density at radius 2 is 1.92 bits per heavy atom. The second-order valence-corrected chi connectivity index (χ2v) is 7.08. The summed E-state index contributed by atoms with van der Waals surface area (Å²) < 4.78 is 1.09. The lowest BCUT2D eigenvalue weighted by molar-refractivity contribution is 0.0753. The van der Waals surface area contributed by atoms with E-state index in [4.69, 9.17) is 0 Å². The number of para-hydroxylation sites is 1. The fraction of sp³-hybridized carbons (Fsp3) is 0.150. The van der Waals surface area contributed by atoms with Gasteiger partial charge in [-0.1, -0.05) is 30.3 Å². The first-order valence-electron chi connectivity index (χ1n) is 8.41. The number of hydrogen-bond donors (Lipinski definition) is 1. The van der Waals surface area contributed by atoms with Gasteiger partial charge in [0.25, 0.3) is 11.5 Å². The van der Waals surface area contributed by atoms with Crippen molar-refractivity contribution >= 4 is 38.2 Å². The molecule has 130 valence electrons. The van der Waals surface area contributed by atoms with Gasteiger partial charge in [0.05, 0.1) is 22.3 Å². The average Bonchev–Trinajstić information content (AvgIpc) is 3.10. The molecule has 2 aromatic carbocycles. The first kappa shape index (κ1) is 16.5. The Bertz CT molecular complexity index is 1130. The Labute approximate surface area is 153 Å². The van der Waals surface area contributed by atoms with Gasteiger partial charge in [-0.25, -0.2) is 4.98 Å². The van der Waals surface area contributed by atoms with Crippen molar-refractivity contribution in [3.05, 3.63) is 75.7 Å². The van der Waals surface area contributed by atoms with Crippen molar-refractivity contribution in [2.45, 2.75) is 13.5 Å². The Kier molecular flexibility index (Phi) is 4.26. The lowest BCUT2D eigenvalue weighted by atomic mass is 10.2. The second kappa shape index (κ2) is 6.72. The molecule has 4 aromatic rings. The van der Waals surface area contributed by atoms with Gasteiger partial charge in [0.2, 0.25) is 0 Å². The lowest BCUT2D eigenvalue weighted by Crippen LogP contribution is -2.31. The van der Waals surface area contributed by atoms with E-state index in [1.54, 1.807) is 17.0 Å². The molecule has 1 amide bonds. The molecular formula is C20H17N3O2S. The van der Waals surface area contributed by atoms with Crippen LogP contribution >= 0.6 is 11.3 Å². The molecule has 0 saturated carbocycles. The van der Waals surface area contributed by atoms with E-state index in [1.165, 1.54) is 11.3 Å². The normalized spacial score (nSPS) is 11.1. The lowest BCUT2D eigenvalue weighted by Gasteiger charge is -2.19. The molecule has 0 fully saturated rings. The Balaban J connectivity index is 1.65. The van der Waals surface area contributed by atoms with E-state index in [-0.39, 0.29) is 18.0 Å². The topological polar surface area (TPSA) is 66.1 Å². The van der Waals surface area contributed by atoms with Crippen molar-refractivity contribution in [3.63, 3.8) is 0 Å². The number of carbonyl (C=O) groups is 1. The third kappa shape index (κ3) is 2.99. The van der Waals surface area contributed by atoms with Crippen molar-refractivity contribution in [1.82, 2.24) is 14.9 Å². The summed E-state index contributed by atoms with van der Waals surface area (Å²) in [5.41, 5.74) is 0.451. The van der Waals surface area contributed by atoms with Crippen LogP contribution in [0.2, 0.25) is 0 Å². The van der Waals surface area contributed by atoms with Crippen LogP contribution in [-0.4, -0.2) is 27.3 Å². The van der Waals surface area contributed by atoms with Crippen LogP contribution in [0, 0.1) is 0 Å². The monoisotopic (exact) mass is 363 g/mol. The molecule has 0 atom stereocenters. The molecule has 0 aliphatic heterocycles. The highest BCUT2D eigenvalue weighted by Crippen LogP contribution is 2.26. The zero-order valence-electron chi connectivity index (χ0n) is 14.2. The van der Waals surface area contributed by atoms with Gasteiger partial charge in [0, 0.05) is 11.2 Å². The number of thiophene rings is 1. The molecule has 2 heterocycles. The van der Waals surface area contributed by atoms with Crippen molar-refractivity contribution < 1.29 is 4.79 Å². The molecule has 0 saturated heterocycles. The summed E-state index contributed by atoms with van der Waals surface area (Å²) in [5, 5.41) is 1.62. The maximum Gasteiger partial charge on any atom is 0.264 e. The van der Waals surface area contributed by atoms with Crippen molar-refractivity contribution in [2.75, 3.05) is 6.54 Å². The fourth-order valence-corrected chi connectivity index (χ4v) is 3.99. The molecule has 0 aliphatic rings. The van der Waals surface area contributed by atoms with Gasteiger partial charge in [-0.15, -0.1) is 11.3 Å². The Hall–Kier alpha value is -2.99. The number of H-pyrrole nitrogens is 1. The van der Waals surface area contributed by atoms with Gasteiger partial charge in [-0.05, 0) is 36.6 Å².